The molecule has 30 heavy (non-hydrogen) atoms. The SMILES string of the molecule is Cc1oc2cc3oc(=O)c(CCC(=O)N4CCC[C@@H](C(=O)O)C4)c(C)c3cc2c1C. The number of furan rings is 1. The third-order valence-corrected chi connectivity index (χ3v) is 6.29. The molecule has 4 rings (SSSR count). The third-order valence-electron chi connectivity index (χ3n) is 6.29. The highest BCUT2D eigenvalue weighted by Gasteiger charge is 2.28. The van der Waals surface area contributed by atoms with Crippen LogP contribution in [0.2, 0.25) is 0 Å². The molecular weight excluding hydrogens is 386 g/mol. The van der Waals surface area contributed by atoms with Gasteiger partial charge in [0.05, 0.1) is 5.92 Å². The van der Waals surface area contributed by atoms with Gasteiger partial charge in [0.15, 0.2) is 0 Å². The van der Waals surface area contributed by atoms with E-state index in [0.29, 0.717) is 36.1 Å². The van der Waals surface area contributed by atoms with Crippen LogP contribution in [0.4, 0.5) is 0 Å². The molecule has 0 saturated carbocycles. The molecule has 0 spiro atoms. The summed E-state index contributed by atoms with van der Waals surface area (Å²) in [5, 5.41) is 11.0. The van der Waals surface area contributed by atoms with Crippen LogP contribution < -0.4 is 5.63 Å². The molecule has 0 radical (unpaired) electrons. The van der Waals surface area contributed by atoms with E-state index in [1.54, 1.807) is 11.0 Å². The molecule has 1 aromatic carbocycles. The number of rotatable bonds is 4. The predicted octanol–water partition coefficient (Wildman–Crippen LogP) is 3.72. The second-order valence-corrected chi connectivity index (χ2v) is 8.14. The van der Waals surface area contributed by atoms with Crippen molar-refractivity contribution >= 4 is 33.8 Å². The Morgan fingerprint density at radius 1 is 1.10 bits per heavy atom. The maximum atomic E-state index is 12.6. The van der Waals surface area contributed by atoms with Gasteiger partial charge in [-0.05, 0) is 57.2 Å². The molecule has 7 nitrogen and oxygen atoms in total. The summed E-state index contributed by atoms with van der Waals surface area (Å²) in [6.07, 6.45) is 1.68. The Balaban J connectivity index is 1.60. The first-order valence-corrected chi connectivity index (χ1v) is 10.2. The van der Waals surface area contributed by atoms with Gasteiger partial charge >= 0.3 is 11.6 Å². The Labute approximate surface area is 173 Å². The zero-order valence-corrected chi connectivity index (χ0v) is 17.4. The topological polar surface area (TPSA) is 101 Å². The van der Waals surface area contributed by atoms with Gasteiger partial charge in [0.2, 0.25) is 5.91 Å². The van der Waals surface area contributed by atoms with Crippen molar-refractivity contribution in [2.45, 2.75) is 46.5 Å². The molecule has 1 aliphatic heterocycles. The molecule has 7 heteroatoms. The van der Waals surface area contributed by atoms with E-state index in [1.165, 1.54) is 0 Å². The van der Waals surface area contributed by atoms with Gasteiger partial charge in [-0.3, -0.25) is 9.59 Å². The van der Waals surface area contributed by atoms with Crippen molar-refractivity contribution in [3.63, 3.8) is 0 Å². The van der Waals surface area contributed by atoms with Gasteiger partial charge in [0.1, 0.15) is 16.9 Å². The van der Waals surface area contributed by atoms with E-state index in [4.69, 9.17) is 8.83 Å². The van der Waals surface area contributed by atoms with Crippen LogP contribution in [0.3, 0.4) is 0 Å². The number of nitrogens with zero attached hydrogens (tertiary/aromatic N) is 1. The van der Waals surface area contributed by atoms with Crippen molar-refractivity contribution in [3.8, 4) is 0 Å². The number of carbonyl (C=O) groups is 2. The van der Waals surface area contributed by atoms with Crippen molar-refractivity contribution in [1.29, 1.82) is 0 Å². The minimum atomic E-state index is -0.866. The van der Waals surface area contributed by atoms with Crippen molar-refractivity contribution in [2.24, 2.45) is 5.92 Å². The number of fused-ring (bicyclic) bond motifs is 2. The summed E-state index contributed by atoms with van der Waals surface area (Å²) in [7, 11) is 0. The molecule has 1 aliphatic rings. The molecular formula is C23H25NO6. The average molecular weight is 411 g/mol. The van der Waals surface area contributed by atoms with Gasteiger partial charge in [0.25, 0.3) is 0 Å². The average Bonchev–Trinajstić information content (AvgIpc) is 2.99. The van der Waals surface area contributed by atoms with Crippen LogP contribution in [-0.4, -0.2) is 35.0 Å². The quantitative estimate of drug-likeness (QED) is 0.657. The van der Waals surface area contributed by atoms with Gasteiger partial charge in [-0.1, -0.05) is 0 Å². The summed E-state index contributed by atoms with van der Waals surface area (Å²) >= 11 is 0. The number of amides is 1. The number of hydrogen-bond acceptors (Lipinski definition) is 5. The minimum absolute atomic E-state index is 0.128. The van der Waals surface area contributed by atoms with Gasteiger partial charge in [0, 0.05) is 41.9 Å². The molecule has 1 saturated heterocycles. The summed E-state index contributed by atoms with van der Waals surface area (Å²) < 4.78 is 11.3. The van der Waals surface area contributed by atoms with E-state index in [-0.39, 0.29) is 25.3 Å². The summed E-state index contributed by atoms with van der Waals surface area (Å²) in [6, 6.07) is 3.72. The molecule has 158 valence electrons. The van der Waals surface area contributed by atoms with Crippen LogP contribution >= 0.6 is 0 Å². The number of carboxylic acid groups (broad SMARTS) is 1. The number of piperidine rings is 1. The predicted molar refractivity (Wildman–Crippen MR) is 112 cm³/mol. The third kappa shape index (κ3) is 3.49. The highest BCUT2D eigenvalue weighted by Crippen LogP contribution is 2.31. The lowest BCUT2D eigenvalue weighted by Gasteiger charge is -2.30. The van der Waals surface area contributed by atoms with Gasteiger partial charge < -0.3 is 18.8 Å². The lowest BCUT2D eigenvalue weighted by Crippen LogP contribution is -2.42. The zero-order chi connectivity index (χ0) is 21.6. The monoisotopic (exact) mass is 411 g/mol. The number of benzene rings is 1. The van der Waals surface area contributed by atoms with Gasteiger partial charge in [-0.2, -0.15) is 0 Å². The van der Waals surface area contributed by atoms with E-state index in [2.05, 4.69) is 0 Å². The molecule has 1 atom stereocenters. The van der Waals surface area contributed by atoms with Gasteiger partial charge in [-0.15, -0.1) is 0 Å². The van der Waals surface area contributed by atoms with Crippen LogP contribution in [0.5, 0.6) is 0 Å². The molecule has 1 N–H and O–H groups in total. The fraction of sp³-hybridized carbons (Fsp3) is 0.435. The van der Waals surface area contributed by atoms with Crippen LogP contribution in [-0.2, 0) is 16.0 Å². The molecule has 0 aliphatic carbocycles. The number of hydrogen-bond donors (Lipinski definition) is 1. The first kappa shape index (κ1) is 20.2. The maximum Gasteiger partial charge on any atom is 0.339 e. The van der Waals surface area contributed by atoms with Crippen molar-refractivity contribution in [1.82, 2.24) is 4.90 Å². The van der Waals surface area contributed by atoms with Crippen molar-refractivity contribution in [2.75, 3.05) is 13.1 Å². The number of carbonyl (C=O) groups excluding carboxylic acids is 1. The van der Waals surface area contributed by atoms with Crippen LogP contribution in [0, 0.1) is 26.7 Å². The maximum absolute atomic E-state index is 12.6. The number of aliphatic carboxylic acids is 1. The van der Waals surface area contributed by atoms with E-state index < -0.39 is 17.5 Å². The summed E-state index contributed by atoms with van der Waals surface area (Å²) in [6.45, 7) is 6.55. The van der Waals surface area contributed by atoms with Crippen LogP contribution in [0.15, 0.2) is 25.8 Å². The normalized spacial score (nSPS) is 17.0. The summed E-state index contributed by atoms with van der Waals surface area (Å²) in [5.41, 5.74) is 3.04. The second kappa shape index (κ2) is 7.63. The Kier molecular flexibility index (Phi) is 5.13. The lowest BCUT2D eigenvalue weighted by molar-refractivity contribution is -0.145. The largest absolute Gasteiger partial charge is 0.481 e. The van der Waals surface area contributed by atoms with Crippen LogP contribution in [0.25, 0.3) is 21.9 Å². The molecule has 3 aromatic rings. The van der Waals surface area contributed by atoms with Crippen molar-refractivity contribution < 1.29 is 23.5 Å². The molecule has 1 amide bonds. The standard InChI is InChI=1S/C23H25NO6/c1-12-14(3)29-19-10-20-18(9-17(12)19)13(2)16(23(28)30-20)6-7-21(25)24-8-4-5-15(11-24)22(26)27/h9-10,15H,4-8,11H2,1-3H3,(H,26,27)/t15-/m1/s1. The van der Waals surface area contributed by atoms with Crippen LogP contribution in [0.1, 0.15) is 41.7 Å². The molecule has 2 aromatic heterocycles. The number of likely N-dealkylation sites (tertiary alicyclic amines) is 1. The second-order valence-electron chi connectivity index (χ2n) is 8.14. The smallest absolute Gasteiger partial charge is 0.339 e. The Hall–Kier alpha value is -3.09. The molecule has 1 fully saturated rings. The number of carboxylic acids is 1. The minimum Gasteiger partial charge on any atom is -0.481 e. The molecule has 0 unspecified atom stereocenters. The first-order valence-electron chi connectivity index (χ1n) is 10.2. The first-order chi connectivity index (χ1) is 14.3. The summed E-state index contributed by atoms with van der Waals surface area (Å²) in [4.78, 5) is 38.1. The Morgan fingerprint density at radius 2 is 1.80 bits per heavy atom. The Bertz CT molecular complexity index is 1220. The lowest BCUT2D eigenvalue weighted by atomic mass is 9.97. The highest BCUT2D eigenvalue weighted by molar-refractivity contribution is 5.96. The number of aryl methyl sites for hydroxylation is 3. The van der Waals surface area contributed by atoms with Gasteiger partial charge in [-0.25, -0.2) is 4.79 Å². The molecule has 0 bridgehead atoms. The fourth-order valence-corrected chi connectivity index (χ4v) is 4.31. The molecule has 3 heterocycles. The highest BCUT2D eigenvalue weighted by atomic mass is 16.4. The van der Waals surface area contributed by atoms with E-state index in [0.717, 1.165) is 27.7 Å². The fourth-order valence-electron chi connectivity index (χ4n) is 4.31. The zero-order valence-electron chi connectivity index (χ0n) is 17.4. The van der Waals surface area contributed by atoms with E-state index in [9.17, 15) is 19.5 Å². The summed E-state index contributed by atoms with van der Waals surface area (Å²) in [5.74, 6) is -0.683. The van der Waals surface area contributed by atoms with E-state index in [1.807, 2.05) is 26.8 Å². The Morgan fingerprint density at radius 3 is 2.53 bits per heavy atom. The van der Waals surface area contributed by atoms with E-state index >= 15 is 0 Å². The van der Waals surface area contributed by atoms with Crippen molar-refractivity contribution in [3.05, 3.63) is 45.0 Å².